The van der Waals surface area contributed by atoms with E-state index < -0.39 is 0 Å². The molecule has 0 spiro atoms. The summed E-state index contributed by atoms with van der Waals surface area (Å²) in [4.78, 5) is 0. The van der Waals surface area contributed by atoms with Gasteiger partial charge in [0.1, 0.15) is 0 Å². The number of unbranched alkanes of at least 4 members (excludes halogenated alkanes) is 3. The molecule has 0 aliphatic heterocycles. The quantitative estimate of drug-likeness (QED) is 0.239. The van der Waals surface area contributed by atoms with Gasteiger partial charge in [0.2, 0.25) is 0 Å². The molecule has 17 heavy (non-hydrogen) atoms. The number of quaternary nitrogens is 1. The highest BCUT2D eigenvalue weighted by Gasteiger charge is 2.07. The Labute approximate surface area is 107 Å². The molecule has 0 N–H and O–H groups in total. The second-order valence-corrected chi connectivity index (χ2v) is 4.55. The van der Waals surface area contributed by atoms with Crippen molar-refractivity contribution >= 4 is 0 Å². The third-order valence-corrected chi connectivity index (χ3v) is 3.17. The molecule has 0 radical (unpaired) electrons. The number of hydroxylamine groups is 3. The number of rotatable bonds is 10. The van der Waals surface area contributed by atoms with Gasteiger partial charge in [0.05, 0.1) is 19.6 Å². The molecule has 0 aliphatic rings. The summed E-state index contributed by atoms with van der Waals surface area (Å²) in [5.74, 6) is 0. The molecule has 0 aliphatic carbocycles. The topological polar surface area (TPSA) is 23.1 Å². The lowest BCUT2D eigenvalue weighted by atomic mass is 10.2. The Morgan fingerprint density at radius 1 is 0.882 bits per heavy atom. The predicted octanol–water partition coefficient (Wildman–Crippen LogP) is 4.42. The van der Waals surface area contributed by atoms with Gasteiger partial charge in [-0.25, -0.2) is 0 Å². The van der Waals surface area contributed by atoms with Crippen LogP contribution in [0.15, 0.2) is 24.3 Å². The number of hydrogen-bond acceptors (Lipinski definition) is 1. The normalized spacial score (nSPS) is 12.9. The third kappa shape index (κ3) is 9.13. The highest BCUT2D eigenvalue weighted by Crippen LogP contribution is 2.04. The van der Waals surface area contributed by atoms with E-state index in [1.807, 2.05) is 19.9 Å². The highest BCUT2D eigenvalue weighted by atomic mass is 16.5. The Balaban J connectivity index is 3.60. The zero-order valence-corrected chi connectivity index (χ0v) is 11.8. The average Bonchev–Trinajstić information content (AvgIpc) is 2.36. The summed E-state index contributed by atoms with van der Waals surface area (Å²) in [7, 11) is 0. The predicted molar refractivity (Wildman–Crippen MR) is 76.6 cm³/mol. The van der Waals surface area contributed by atoms with Crippen LogP contribution in [-0.4, -0.2) is 24.3 Å². The minimum Gasteiger partial charge on any atom is -0.633 e. The maximum absolute atomic E-state index is 11.9. The van der Waals surface area contributed by atoms with Gasteiger partial charge in [0, 0.05) is 0 Å². The van der Waals surface area contributed by atoms with Crippen LogP contribution in [0.1, 0.15) is 52.9 Å². The van der Waals surface area contributed by atoms with E-state index in [-0.39, 0.29) is 4.65 Å². The molecular formula is C15H29NO. The summed E-state index contributed by atoms with van der Waals surface area (Å²) in [6, 6.07) is 0. The third-order valence-electron chi connectivity index (χ3n) is 3.17. The van der Waals surface area contributed by atoms with E-state index in [2.05, 4.69) is 25.2 Å². The maximum Gasteiger partial charge on any atom is 0.0971 e. The molecule has 2 nitrogen and oxygen atoms in total. The number of allylic oxidation sites excluding steroid dienone is 3. The molecule has 0 rings (SSSR count). The lowest BCUT2D eigenvalue weighted by molar-refractivity contribution is -0.871. The Kier molecular flexibility index (Phi) is 10.2. The number of hydrogen-bond donors (Lipinski definition) is 0. The van der Waals surface area contributed by atoms with Crippen molar-refractivity contribution in [2.75, 3.05) is 19.6 Å². The van der Waals surface area contributed by atoms with Crippen molar-refractivity contribution in [2.24, 2.45) is 0 Å². The Hall–Kier alpha value is -0.600. The Bertz CT molecular complexity index is 217. The molecular weight excluding hydrogens is 210 g/mol. The van der Waals surface area contributed by atoms with Crippen molar-refractivity contribution in [3.63, 3.8) is 0 Å². The van der Waals surface area contributed by atoms with Crippen LogP contribution in [0.3, 0.4) is 0 Å². The van der Waals surface area contributed by atoms with E-state index in [1.165, 1.54) is 25.7 Å². The van der Waals surface area contributed by atoms with Gasteiger partial charge in [0.25, 0.3) is 0 Å². The van der Waals surface area contributed by atoms with E-state index in [0.717, 1.165) is 6.42 Å². The minimum atomic E-state index is -0.100. The molecule has 0 saturated heterocycles. The Morgan fingerprint density at radius 3 is 2.12 bits per heavy atom. The number of nitrogens with zero attached hydrogens (tertiary/aromatic N) is 1. The van der Waals surface area contributed by atoms with Crippen molar-refractivity contribution in [1.82, 2.24) is 0 Å². The second-order valence-electron chi connectivity index (χ2n) is 4.55. The first-order valence-electron chi connectivity index (χ1n) is 7.05. The summed E-state index contributed by atoms with van der Waals surface area (Å²) in [6.45, 7) is 8.06. The molecule has 0 amide bonds. The average molecular weight is 239 g/mol. The van der Waals surface area contributed by atoms with Crippen molar-refractivity contribution in [3.8, 4) is 0 Å². The lowest BCUT2D eigenvalue weighted by Crippen LogP contribution is -2.41. The fraction of sp³-hybridized carbons (Fsp3) is 0.733. The SMILES string of the molecule is CCCCC/C=C\C/C=C\C[N+]([O-])(CC)CC. The first kappa shape index (κ1) is 16.4. The molecule has 0 bridgehead atoms. The van der Waals surface area contributed by atoms with Crippen LogP contribution in [0.4, 0.5) is 0 Å². The lowest BCUT2D eigenvalue weighted by Gasteiger charge is -2.40. The van der Waals surface area contributed by atoms with E-state index in [1.54, 1.807) is 0 Å². The fourth-order valence-electron chi connectivity index (χ4n) is 1.65. The summed E-state index contributed by atoms with van der Waals surface area (Å²) >= 11 is 0. The van der Waals surface area contributed by atoms with Gasteiger partial charge in [-0.3, -0.25) is 0 Å². The van der Waals surface area contributed by atoms with Gasteiger partial charge in [-0.15, -0.1) is 0 Å². The first-order chi connectivity index (χ1) is 8.18. The molecule has 0 unspecified atom stereocenters. The van der Waals surface area contributed by atoms with E-state index in [9.17, 15) is 5.21 Å². The smallest absolute Gasteiger partial charge is 0.0971 e. The van der Waals surface area contributed by atoms with Crippen molar-refractivity contribution in [2.45, 2.75) is 52.9 Å². The van der Waals surface area contributed by atoms with E-state index in [4.69, 9.17) is 0 Å². The maximum atomic E-state index is 11.9. The van der Waals surface area contributed by atoms with Crippen molar-refractivity contribution in [1.29, 1.82) is 0 Å². The van der Waals surface area contributed by atoms with Crippen LogP contribution in [0.25, 0.3) is 0 Å². The fourth-order valence-corrected chi connectivity index (χ4v) is 1.65. The summed E-state index contributed by atoms with van der Waals surface area (Å²) in [5.41, 5.74) is 0. The van der Waals surface area contributed by atoms with Crippen LogP contribution >= 0.6 is 0 Å². The van der Waals surface area contributed by atoms with Gasteiger partial charge >= 0.3 is 0 Å². The van der Waals surface area contributed by atoms with Gasteiger partial charge in [-0.05, 0) is 39.2 Å². The van der Waals surface area contributed by atoms with Crippen molar-refractivity contribution < 1.29 is 4.65 Å². The Morgan fingerprint density at radius 2 is 1.53 bits per heavy atom. The van der Waals surface area contributed by atoms with Gasteiger partial charge < -0.3 is 9.85 Å². The highest BCUT2D eigenvalue weighted by molar-refractivity contribution is 4.92. The standard InChI is InChI=1S/C15H29NO/c1-4-7-8-9-10-11-12-13-14-15-16(17,5-2)6-3/h10-11,13-14H,4-9,12,15H2,1-3H3/b11-10-,14-13-. The summed E-state index contributed by atoms with van der Waals surface area (Å²) < 4.78 is -0.100. The molecule has 0 atom stereocenters. The van der Waals surface area contributed by atoms with Crippen LogP contribution in [0.2, 0.25) is 0 Å². The monoisotopic (exact) mass is 239 g/mol. The van der Waals surface area contributed by atoms with Gasteiger partial charge in [-0.2, -0.15) is 0 Å². The molecule has 0 saturated carbocycles. The summed E-state index contributed by atoms with van der Waals surface area (Å²) in [6.07, 6.45) is 14.6. The first-order valence-corrected chi connectivity index (χ1v) is 7.05. The molecule has 0 aromatic carbocycles. The molecule has 0 aromatic heterocycles. The van der Waals surface area contributed by atoms with Crippen molar-refractivity contribution in [3.05, 3.63) is 29.5 Å². The summed E-state index contributed by atoms with van der Waals surface area (Å²) in [5, 5.41) is 11.9. The van der Waals surface area contributed by atoms with E-state index >= 15 is 0 Å². The zero-order chi connectivity index (χ0) is 13.0. The zero-order valence-electron chi connectivity index (χ0n) is 11.8. The van der Waals surface area contributed by atoms with E-state index in [0.29, 0.717) is 19.6 Å². The molecule has 0 heterocycles. The van der Waals surface area contributed by atoms with Crippen LogP contribution in [0, 0.1) is 5.21 Å². The molecule has 0 fully saturated rings. The second kappa shape index (κ2) is 10.5. The van der Waals surface area contributed by atoms with Crippen LogP contribution in [0.5, 0.6) is 0 Å². The van der Waals surface area contributed by atoms with Crippen LogP contribution < -0.4 is 0 Å². The van der Waals surface area contributed by atoms with Gasteiger partial charge in [-0.1, -0.05) is 38.0 Å². The van der Waals surface area contributed by atoms with Crippen LogP contribution in [-0.2, 0) is 0 Å². The molecule has 100 valence electrons. The van der Waals surface area contributed by atoms with Gasteiger partial charge in [0.15, 0.2) is 0 Å². The largest absolute Gasteiger partial charge is 0.633 e. The molecule has 0 aromatic rings. The minimum absolute atomic E-state index is 0.100. The number of likely N-dealkylation sites (N-methyl/N-ethyl adjacent to an activating group) is 1. The molecule has 2 heteroatoms.